The molecule has 3 fully saturated rings. The molecule has 0 spiro atoms. The third-order valence-electron chi connectivity index (χ3n) is 11.2. The van der Waals surface area contributed by atoms with E-state index in [0.29, 0.717) is 67.5 Å². The van der Waals surface area contributed by atoms with Gasteiger partial charge in [0.2, 0.25) is 0 Å². The van der Waals surface area contributed by atoms with Crippen LogP contribution in [-0.4, -0.2) is 103 Å². The van der Waals surface area contributed by atoms with Crippen LogP contribution < -0.4 is 21.1 Å². The van der Waals surface area contributed by atoms with Crippen LogP contribution in [0.25, 0.3) is 11.0 Å². The molecule has 0 unspecified atom stereocenters. The lowest BCUT2D eigenvalue weighted by Gasteiger charge is -2.42. The average Bonchev–Trinajstić information content (AvgIpc) is 3.15. The Kier molecular flexibility index (Phi) is 12.6. The van der Waals surface area contributed by atoms with Crippen molar-refractivity contribution in [3.63, 3.8) is 0 Å². The van der Waals surface area contributed by atoms with E-state index in [-0.39, 0.29) is 24.1 Å². The van der Waals surface area contributed by atoms with Gasteiger partial charge in [-0.05, 0) is 89.8 Å². The van der Waals surface area contributed by atoms with Crippen LogP contribution >= 0.6 is 0 Å². The second-order valence-corrected chi connectivity index (χ2v) is 14.5. The first-order chi connectivity index (χ1) is 24.8. The molecule has 3 saturated heterocycles. The molecule has 0 atom stereocenters. The lowest BCUT2D eigenvalue weighted by Crippen LogP contribution is -2.53. The lowest BCUT2D eigenvalue weighted by atomic mass is 9.86. The number of hydrogen-bond donors (Lipinski definition) is 2. The van der Waals surface area contributed by atoms with Crippen molar-refractivity contribution in [1.82, 2.24) is 29.7 Å². The van der Waals surface area contributed by atoms with Crippen molar-refractivity contribution >= 4 is 28.8 Å². The number of aromatic nitrogens is 3. The fourth-order valence-electron chi connectivity index (χ4n) is 8.03. The highest BCUT2D eigenvalue weighted by molar-refractivity contribution is 5.89. The number of alkyl halides is 2. The second kappa shape index (κ2) is 17.3. The van der Waals surface area contributed by atoms with Crippen LogP contribution in [0.15, 0.2) is 35.4 Å². The van der Waals surface area contributed by atoms with Crippen LogP contribution in [0.4, 0.5) is 24.7 Å². The summed E-state index contributed by atoms with van der Waals surface area (Å²) in [5.74, 6) is -4.47. The van der Waals surface area contributed by atoms with E-state index in [1.807, 2.05) is 6.07 Å². The Morgan fingerprint density at radius 1 is 0.980 bits per heavy atom. The van der Waals surface area contributed by atoms with Crippen LogP contribution in [0.2, 0.25) is 0 Å². The predicted octanol–water partition coefficient (Wildman–Crippen LogP) is 5.04. The summed E-state index contributed by atoms with van der Waals surface area (Å²) in [5, 5.41) is 7.11. The zero-order chi connectivity index (χ0) is 35.8. The smallest absolute Gasteiger partial charge is 0.278 e. The number of rotatable bonds is 15. The van der Waals surface area contributed by atoms with Gasteiger partial charge in [0.15, 0.2) is 0 Å². The minimum atomic E-state index is -3.24. The number of piperazine rings is 1. The first-order valence-electron chi connectivity index (χ1n) is 18.9. The fourth-order valence-corrected chi connectivity index (χ4v) is 8.03. The number of likely N-dealkylation sites (tertiary alicyclic amines) is 1. The number of benzene rings is 1. The highest BCUT2D eigenvalue weighted by Gasteiger charge is 2.43. The first-order valence-corrected chi connectivity index (χ1v) is 18.9. The molecule has 3 aromatic rings. The second-order valence-electron chi connectivity index (χ2n) is 14.5. The summed E-state index contributed by atoms with van der Waals surface area (Å²) in [5.41, 5.74) is 0.746. The third-order valence-corrected chi connectivity index (χ3v) is 11.2. The molecule has 0 aliphatic carbocycles. The van der Waals surface area contributed by atoms with Crippen molar-refractivity contribution in [3.8, 4) is 0 Å². The van der Waals surface area contributed by atoms with Gasteiger partial charge in [-0.15, -0.1) is 0 Å². The molecule has 3 aliphatic heterocycles. The summed E-state index contributed by atoms with van der Waals surface area (Å²) >= 11 is 0. The molecule has 3 aliphatic rings. The number of nitrogens with one attached hydrogen (secondary N) is 2. The zero-order valence-corrected chi connectivity index (χ0v) is 29.9. The molecule has 0 radical (unpaired) electrons. The maximum Gasteiger partial charge on any atom is 0.278 e. The normalized spacial score (nSPS) is 18.8. The highest BCUT2D eigenvalue weighted by atomic mass is 19.3. The van der Waals surface area contributed by atoms with Crippen molar-refractivity contribution < 1.29 is 18.0 Å². The molecule has 10 nitrogen and oxygen atoms in total. The number of unbranched alkanes of at least 4 members (excludes halogenated alkanes) is 4. The van der Waals surface area contributed by atoms with E-state index in [2.05, 4.69) is 42.3 Å². The van der Waals surface area contributed by atoms with Crippen LogP contribution in [0.5, 0.6) is 0 Å². The number of hydrogen-bond acceptors (Lipinski definition) is 9. The largest absolute Gasteiger partial charge is 0.369 e. The van der Waals surface area contributed by atoms with E-state index < -0.39 is 23.2 Å². The van der Waals surface area contributed by atoms with Crippen molar-refractivity contribution in [2.75, 3.05) is 76.2 Å². The quantitative estimate of drug-likeness (QED) is 0.166. The van der Waals surface area contributed by atoms with Gasteiger partial charge in [0, 0.05) is 57.6 Å². The summed E-state index contributed by atoms with van der Waals surface area (Å²) in [6, 6.07) is 6.74. The zero-order valence-electron chi connectivity index (χ0n) is 29.9. The van der Waals surface area contributed by atoms with E-state index in [1.54, 1.807) is 10.6 Å². The van der Waals surface area contributed by atoms with Gasteiger partial charge in [-0.25, -0.2) is 23.1 Å². The Morgan fingerprint density at radius 3 is 2.47 bits per heavy atom. The molecule has 278 valence electrons. The SMILES string of the molecule is CN1CCC(N2CCN(c3cc4c(NCCc5cccc(C(F)(F)C6CCNCC6)c5F)ncnc4n(CCCCCCC=O)c3=O)CC2)CC1. The topological polar surface area (TPSA) is 98.6 Å². The Balaban J connectivity index is 1.21. The fraction of sp³-hybridized carbons (Fsp3) is 0.632. The minimum absolute atomic E-state index is 0.0821. The standard InChI is InChI=1S/C38H53F3N8O2/c1-46-19-13-30(14-20-46)47-21-23-48(24-22-47)33-26-31-35(44-27-45-36(31)49(37(33)51)18-5-3-2-4-6-25-50)43-17-10-28-8-7-9-32(34(28)39)38(40,41)29-11-15-42-16-12-29/h7-9,25-27,29-30,42H,2-6,10-24H2,1H3,(H,43,44,45). The first kappa shape index (κ1) is 37.2. The molecule has 0 bridgehead atoms. The third kappa shape index (κ3) is 8.74. The average molecular weight is 711 g/mol. The van der Waals surface area contributed by atoms with Gasteiger partial charge < -0.3 is 25.2 Å². The molecular weight excluding hydrogens is 657 g/mol. The minimum Gasteiger partial charge on any atom is -0.369 e. The highest BCUT2D eigenvalue weighted by Crippen LogP contribution is 2.42. The van der Waals surface area contributed by atoms with Gasteiger partial charge in [-0.3, -0.25) is 14.3 Å². The number of piperidine rings is 2. The Labute approximate surface area is 298 Å². The van der Waals surface area contributed by atoms with E-state index in [1.165, 1.54) is 18.5 Å². The summed E-state index contributed by atoms with van der Waals surface area (Å²) in [6.07, 6.45) is 9.41. The van der Waals surface area contributed by atoms with Gasteiger partial charge in [-0.2, -0.15) is 0 Å². The van der Waals surface area contributed by atoms with Gasteiger partial charge in [-0.1, -0.05) is 31.0 Å². The molecule has 6 rings (SSSR count). The number of carbonyl (C=O) groups is 1. The van der Waals surface area contributed by atoms with Crippen molar-refractivity contribution in [1.29, 1.82) is 0 Å². The molecule has 2 N–H and O–H groups in total. The number of nitrogens with zero attached hydrogens (tertiary/aromatic N) is 6. The lowest BCUT2D eigenvalue weighted by molar-refractivity contribution is -0.107. The molecule has 13 heteroatoms. The Bertz CT molecular complexity index is 1660. The number of carbonyl (C=O) groups excluding carboxylic acids is 1. The maximum absolute atomic E-state index is 15.6. The van der Waals surface area contributed by atoms with Gasteiger partial charge in [0.05, 0.1) is 10.9 Å². The van der Waals surface area contributed by atoms with Crippen LogP contribution in [-0.2, 0) is 23.7 Å². The van der Waals surface area contributed by atoms with Crippen molar-refractivity contribution in [2.45, 2.75) is 82.7 Å². The number of pyridine rings is 1. The molecule has 51 heavy (non-hydrogen) atoms. The van der Waals surface area contributed by atoms with E-state index in [4.69, 9.17) is 0 Å². The number of halogens is 3. The van der Waals surface area contributed by atoms with Crippen LogP contribution in [0.3, 0.4) is 0 Å². The van der Waals surface area contributed by atoms with Gasteiger partial charge >= 0.3 is 0 Å². The number of fused-ring (bicyclic) bond motifs is 1. The molecular formula is C38H53F3N8O2. The number of aryl methyl sites for hydroxylation is 1. The molecule has 2 aromatic heterocycles. The molecule has 0 amide bonds. The number of aldehydes is 1. The molecule has 0 saturated carbocycles. The van der Waals surface area contributed by atoms with E-state index >= 15 is 13.2 Å². The van der Waals surface area contributed by atoms with Crippen LogP contribution in [0.1, 0.15) is 68.9 Å². The Morgan fingerprint density at radius 2 is 1.73 bits per heavy atom. The van der Waals surface area contributed by atoms with Crippen molar-refractivity contribution in [2.24, 2.45) is 5.92 Å². The number of anilines is 2. The van der Waals surface area contributed by atoms with Crippen molar-refractivity contribution in [3.05, 3.63) is 57.9 Å². The van der Waals surface area contributed by atoms with Crippen LogP contribution in [0, 0.1) is 11.7 Å². The van der Waals surface area contributed by atoms with Gasteiger partial charge in [0.1, 0.15) is 35.6 Å². The predicted molar refractivity (Wildman–Crippen MR) is 195 cm³/mol. The summed E-state index contributed by atoms with van der Waals surface area (Å²) in [4.78, 5) is 41.1. The summed E-state index contributed by atoms with van der Waals surface area (Å²) < 4.78 is 48.3. The Hall–Kier alpha value is -3.55. The monoisotopic (exact) mass is 710 g/mol. The molecule has 5 heterocycles. The van der Waals surface area contributed by atoms with E-state index in [9.17, 15) is 9.59 Å². The molecule has 1 aromatic carbocycles. The van der Waals surface area contributed by atoms with E-state index in [0.717, 1.165) is 84.1 Å². The maximum atomic E-state index is 15.6. The summed E-state index contributed by atoms with van der Waals surface area (Å²) in [7, 11) is 2.17. The summed E-state index contributed by atoms with van der Waals surface area (Å²) in [6.45, 7) is 7.22. The van der Waals surface area contributed by atoms with Gasteiger partial charge in [0.25, 0.3) is 11.5 Å².